The fraction of sp³-hybridized carbons (Fsp3) is 0.250. The van der Waals surface area contributed by atoms with Crippen molar-refractivity contribution in [3.63, 3.8) is 0 Å². The minimum atomic E-state index is -1.44. The standard InChI is InChI=1S/C16H17N3O4/c1-2-9-13(19-15(21)12(14(9)20)16(22)23)8-3-4-10-11(7-8)18-6-5-17-10/h3-4,7,17-18H,2,5-6H2,1H3,(H,22,23)(H2,19,20,21). The molecule has 0 atom stereocenters. The fourth-order valence-corrected chi connectivity index (χ4v) is 2.81. The van der Waals surface area contributed by atoms with Crippen molar-refractivity contribution in [3.05, 3.63) is 39.7 Å². The van der Waals surface area contributed by atoms with E-state index in [9.17, 15) is 14.7 Å². The molecule has 23 heavy (non-hydrogen) atoms. The van der Waals surface area contributed by atoms with Crippen molar-refractivity contribution in [2.75, 3.05) is 23.7 Å². The first-order chi connectivity index (χ1) is 11.0. The number of H-pyrrole nitrogens is 1. The second-order valence-electron chi connectivity index (χ2n) is 5.30. The lowest BCUT2D eigenvalue weighted by molar-refractivity contribution is 0.0691. The van der Waals surface area contributed by atoms with Crippen molar-refractivity contribution in [2.24, 2.45) is 0 Å². The number of fused-ring (bicyclic) bond motifs is 1. The number of carboxylic acid groups (broad SMARTS) is 1. The van der Waals surface area contributed by atoms with Crippen LogP contribution in [-0.2, 0) is 6.42 Å². The van der Waals surface area contributed by atoms with Crippen LogP contribution < -0.4 is 16.2 Å². The van der Waals surface area contributed by atoms with Crippen LogP contribution in [0.25, 0.3) is 11.3 Å². The van der Waals surface area contributed by atoms with Crippen molar-refractivity contribution in [2.45, 2.75) is 13.3 Å². The van der Waals surface area contributed by atoms with Gasteiger partial charge in [-0.2, -0.15) is 0 Å². The number of anilines is 2. The Morgan fingerprint density at radius 1 is 1.22 bits per heavy atom. The first-order valence-electron chi connectivity index (χ1n) is 7.36. The van der Waals surface area contributed by atoms with Crippen LogP contribution in [0, 0.1) is 0 Å². The molecule has 7 heteroatoms. The third-order valence-electron chi connectivity index (χ3n) is 3.92. The number of rotatable bonds is 3. The van der Waals surface area contributed by atoms with Crippen LogP contribution in [0.15, 0.2) is 23.0 Å². The van der Waals surface area contributed by atoms with Crippen LogP contribution in [0.1, 0.15) is 22.8 Å². The molecule has 0 fully saturated rings. The Balaban J connectivity index is 2.20. The molecular weight excluding hydrogens is 298 g/mol. The number of aromatic hydroxyl groups is 1. The number of aromatic amines is 1. The van der Waals surface area contributed by atoms with Gasteiger partial charge in [-0.15, -0.1) is 0 Å². The number of aromatic nitrogens is 1. The van der Waals surface area contributed by atoms with E-state index >= 15 is 0 Å². The summed E-state index contributed by atoms with van der Waals surface area (Å²) in [6.45, 7) is 3.41. The number of nitrogens with one attached hydrogen (secondary N) is 3. The number of aromatic carboxylic acids is 1. The smallest absolute Gasteiger partial charge is 0.345 e. The summed E-state index contributed by atoms with van der Waals surface area (Å²) in [6, 6.07) is 5.58. The molecule has 7 nitrogen and oxygen atoms in total. The molecule has 1 aliphatic heterocycles. The van der Waals surface area contributed by atoms with Gasteiger partial charge in [-0.25, -0.2) is 4.79 Å². The van der Waals surface area contributed by atoms with E-state index in [1.54, 1.807) is 6.92 Å². The van der Waals surface area contributed by atoms with E-state index in [4.69, 9.17) is 5.11 Å². The molecule has 1 aliphatic rings. The zero-order valence-corrected chi connectivity index (χ0v) is 12.6. The fourth-order valence-electron chi connectivity index (χ4n) is 2.81. The molecule has 3 rings (SSSR count). The summed E-state index contributed by atoms with van der Waals surface area (Å²) in [5.74, 6) is -1.91. The molecule has 1 aromatic carbocycles. The zero-order valence-electron chi connectivity index (χ0n) is 12.6. The van der Waals surface area contributed by atoms with Gasteiger partial charge in [0.15, 0.2) is 5.56 Å². The Hall–Kier alpha value is -2.96. The Bertz CT molecular complexity index is 842. The van der Waals surface area contributed by atoms with Crippen molar-refractivity contribution < 1.29 is 15.0 Å². The van der Waals surface area contributed by atoms with E-state index in [1.165, 1.54) is 0 Å². The van der Waals surface area contributed by atoms with E-state index < -0.39 is 22.8 Å². The Labute approximate surface area is 132 Å². The van der Waals surface area contributed by atoms with Gasteiger partial charge in [0.25, 0.3) is 5.56 Å². The van der Waals surface area contributed by atoms with E-state index in [0.717, 1.165) is 24.5 Å². The van der Waals surface area contributed by atoms with Crippen LogP contribution >= 0.6 is 0 Å². The highest BCUT2D eigenvalue weighted by atomic mass is 16.4. The zero-order chi connectivity index (χ0) is 16.6. The van der Waals surface area contributed by atoms with Crippen molar-refractivity contribution in [1.29, 1.82) is 0 Å². The summed E-state index contributed by atoms with van der Waals surface area (Å²) in [6.07, 6.45) is 0.390. The molecule has 5 N–H and O–H groups in total. The van der Waals surface area contributed by atoms with Crippen LogP contribution in [-0.4, -0.2) is 34.3 Å². The average molecular weight is 315 g/mol. The van der Waals surface area contributed by atoms with E-state index in [-0.39, 0.29) is 0 Å². The summed E-state index contributed by atoms with van der Waals surface area (Å²) in [4.78, 5) is 25.8. The van der Waals surface area contributed by atoms with Gasteiger partial charge in [-0.05, 0) is 18.6 Å². The molecule has 0 amide bonds. The molecule has 0 saturated heterocycles. The third-order valence-corrected chi connectivity index (χ3v) is 3.92. The first-order valence-corrected chi connectivity index (χ1v) is 7.36. The summed E-state index contributed by atoms with van der Waals surface area (Å²) in [5, 5.41) is 25.8. The van der Waals surface area contributed by atoms with Gasteiger partial charge in [0.2, 0.25) is 0 Å². The first kappa shape index (κ1) is 15.0. The Morgan fingerprint density at radius 3 is 2.57 bits per heavy atom. The van der Waals surface area contributed by atoms with Crippen LogP contribution in [0.5, 0.6) is 5.75 Å². The predicted molar refractivity (Wildman–Crippen MR) is 87.5 cm³/mol. The molecule has 0 saturated carbocycles. The number of pyridine rings is 1. The summed E-state index contributed by atoms with van der Waals surface area (Å²) in [7, 11) is 0. The lowest BCUT2D eigenvalue weighted by Gasteiger charge is -2.21. The third kappa shape index (κ3) is 2.50. The van der Waals surface area contributed by atoms with Crippen LogP contribution in [0.4, 0.5) is 11.4 Å². The molecule has 0 radical (unpaired) electrons. The van der Waals surface area contributed by atoms with Gasteiger partial charge in [0.05, 0.1) is 17.1 Å². The summed E-state index contributed by atoms with van der Waals surface area (Å²) < 4.78 is 0. The van der Waals surface area contributed by atoms with Crippen LogP contribution in [0.3, 0.4) is 0 Å². The van der Waals surface area contributed by atoms with Gasteiger partial charge in [0.1, 0.15) is 5.75 Å². The molecule has 0 unspecified atom stereocenters. The van der Waals surface area contributed by atoms with Crippen molar-refractivity contribution in [3.8, 4) is 17.0 Å². The molecule has 2 aromatic rings. The number of hydrogen-bond donors (Lipinski definition) is 5. The van der Waals surface area contributed by atoms with Crippen molar-refractivity contribution in [1.82, 2.24) is 4.98 Å². The van der Waals surface area contributed by atoms with Gasteiger partial charge in [0, 0.05) is 24.2 Å². The summed E-state index contributed by atoms with van der Waals surface area (Å²) >= 11 is 0. The normalized spacial score (nSPS) is 12.9. The second-order valence-corrected chi connectivity index (χ2v) is 5.30. The highest BCUT2D eigenvalue weighted by molar-refractivity contribution is 5.92. The average Bonchev–Trinajstić information content (AvgIpc) is 2.53. The predicted octanol–water partition coefficient (Wildman–Crippen LogP) is 1.85. The minimum Gasteiger partial charge on any atom is -0.506 e. The number of hydrogen-bond acceptors (Lipinski definition) is 5. The molecule has 0 bridgehead atoms. The monoisotopic (exact) mass is 315 g/mol. The summed E-state index contributed by atoms with van der Waals surface area (Å²) in [5.41, 5.74) is 1.99. The SMILES string of the molecule is CCc1c(-c2ccc3c(c2)NCCN3)[nH]c(=O)c(C(=O)O)c1O. The van der Waals surface area contributed by atoms with Crippen molar-refractivity contribution >= 4 is 17.3 Å². The second kappa shape index (κ2) is 5.68. The lowest BCUT2D eigenvalue weighted by atomic mass is 9.99. The molecule has 0 aliphatic carbocycles. The van der Waals surface area contributed by atoms with E-state index in [1.807, 2.05) is 18.2 Å². The number of benzene rings is 1. The van der Waals surface area contributed by atoms with Crippen LogP contribution in [0.2, 0.25) is 0 Å². The largest absolute Gasteiger partial charge is 0.506 e. The minimum absolute atomic E-state index is 0.390. The van der Waals surface area contributed by atoms with E-state index in [2.05, 4.69) is 15.6 Å². The maximum atomic E-state index is 12.0. The maximum Gasteiger partial charge on any atom is 0.345 e. The lowest BCUT2D eigenvalue weighted by Crippen LogP contribution is -2.21. The molecule has 1 aromatic heterocycles. The molecule has 2 heterocycles. The van der Waals surface area contributed by atoms with E-state index in [0.29, 0.717) is 23.2 Å². The Kier molecular flexibility index (Phi) is 3.69. The molecular formula is C16H17N3O4. The quantitative estimate of drug-likeness (QED) is 0.590. The highest BCUT2D eigenvalue weighted by Gasteiger charge is 2.22. The maximum absolute atomic E-state index is 12.0. The van der Waals surface area contributed by atoms with Gasteiger partial charge < -0.3 is 25.8 Å². The highest BCUT2D eigenvalue weighted by Crippen LogP contribution is 2.34. The number of carboxylic acids is 1. The molecule has 0 spiro atoms. The van der Waals surface area contributed by atoms with Gasteiger partial charge in [-0.1, -0.05) is 13.0 Å². The topological polar surface area (TPSA) is 114 Å². The van der Waals surface area contributed by atoms with Gasteiger partial charge >= 0.3 is 5.97 Å². The van der Waals surface area contributed by atoms with Gasteiger partial charge in [-0.3, -0.25) is 4.79 Å². The Morgan fingerprint density at radius 2 is 1.91 bits per heavy atom. The number of carbonyl (C=O) groups is 1. The molecule has 120 valence electrons.